The number of rotatable bonds is 4. The Morgan fingerprint density at radius 3 is 2.47 bits per heavy atom. The number of nitrogens with zero attached hydrogens (tertiary/aromatic N) is 2. The molecule has 0 saturated carbocycles. The van der Waals surface area contributed by atoms with Crippen molar-refractivity contribution in [2.45, 2.75) is 6.10 Å². The second-order valence-corrected chi connectivity index (χ2v) is 7.27. The van der Waals surface area contributed by atoms with Crippen molar-refractivity contribution >= 4 is 22.6 Å². The van der Waals surface area contributed by atoms with E-state index in [9.17, 15) is 23.5 Å². The quantitative estimate of drug-likeness (QED) is 0.592. The van der Waals surface area contributed by atoms with E-state index in [0.717, 1.165) is 29.0 Å². The number of fused-ring (bicyclic) bond motifs is 1. The van der Waals surface area contributed by atoms with Gasteiger partial charge in [0.25, 0.3) is 0 Å². The van der Waals surface area contributed by atoms with Gasteiger partial charge in [-0.15, -0.1) is 0 Å². The molecule has 2 aromatic carbocycles. The second kappa shape index (κ2) is 8.24. The predicted octanol–water partition coefficient (Wildman–Crippen LogP) is 2.41. The summed E-state index contributed by atoms with van der Waals surface area (Å²) in [6.07, 6.45) is 0.278. The summed E-state index contributed by atoms with van der Waals surface area (Å²) in [5.74, 6) is -5.96. The Morgan fingerprint density at radius 1 is 1.16 bits per heavy atom. The highest BCUT2D eigenvalue weighted by Gasteiger charge is 2.28. The molecule has 4 rings (SSSR count). The average molecular weight is 451 g/mol. The number of pyridine rings is 1. The number of anilines is 1. The second-order valence-electron chi connectivity index (χ2n) is 7.27. The molecule has 3 aromatic rings. The summed E-state index contributed by atoms with van der Waals surface area (Å²) < 4.78 is 64.7. The Morgan fingerprint density at radius 2 is 1.84 bits per heavy atom. The van der Waals surface area contributed by atoms with Crippen LogP contribution in [0.2, 0.25) is 0 Å². The van der Waals surface area contributed by atoms with E-state index < -0.39 is 62.9 Å². The van der Waals surface area contributed by atoms with Crippen molar-refractivity contribution in [3.8, 4) is 5.69 Å². The maximum Gasteiger partial charge on any atom is 0.341 e. The first kappa shape index (κ1) is 21.8. The summed E-state index contributed by atoms with van der Waals surface area (Å²) in [7, 11) is 0. The van der Waals surface area contributed by atoms with Crippen molar-refractivity contribution in [3.05, 3.63) is 69.5 Å². The molecule has 2 heterocycles. The van der Waals surface area contributed by atoms with Crippen LogP contribution in [-0.4, -0.2) is 48.0 Å². The summed E-state index contributed by atoms with van der Waals surface area (Å²) in [5, 5.41) is 8.79. The molecule has 32 heavy (non-hydrogen) atoms. The molecule has 1 atom stereocenters. The monoisotopic (exact) mass is 451 g/mol. The van der Waals surface area contributed by atoms with Crippen LogP contribution in [0.3, 0.4) is 0 Å². The molecule has 11 heteroatoms. The van der Waals surface area contributed by atoms with Crippen LogP contribution in [0.4, 0.5) is 23.2 Å². The molecule has 1 fully saturated rings. The zero-order valence-corrected chi connectivity index (χ0v) is 16.4. The minimum Gasteiger partial charge on any atom is -0.477 e. The normalized spacial score (nSPS) is 16.5. The minimum atomic E-state index is -1.66. The standard InChI is InChI=1S/C21H17F4N3O4/c22-10-3-11(23)5-12(4-10)28-9-15(21(30)31)20(29)14-6-16(24)19(17(25)18(14)28)27-1-2-32-13(7-26)8-27/h3-6,9,13H,1-2,7-8,26H2,(H,30,31). The molecule has 0 amide bonds. The van der Waals surface area contributed by atoms with Gasteiger partial charge in [0, 0.05) is 31.9 Å². The van der Waals surface area contributed by atoms with Gasteiger partial charge < -0.3 is 25.0 Å². The number of hydrogen-bond donors (Lipinski definition) is 2. The lowest BCUT2D eigenvalue weighted by atomic mass is 10.1. The van der Waals surface area contributed by atoms with Crippen LogP contribution in [0.25, 0.3) is 16.6 Å². The van der Waals surface area contributed by atoms with Gasteiger partial charge in [-0.1, -0.05) is 0 Å². The van der Waals surface area contributed by atoms with Gasteiger partial charge in [-0.3, -0.25) is 4.79 Å². The maximum atomic E-state index is 15.8. The number of carboxylic acid groups (broad SMARTS) is 1. The van der Waals surface area contributed by atoms with Gasteiger partial charge in [0.15, 0.2) is 5.82 Å². The van der Waals surface area contributed by atoms with Crippen LogP contribution in [0.15, 0.2) is 35.3 Å². The lowest BCUT2D eigenvalue weighted by Crippen LogP contribution is -2.46. The first-order valence-electron chi connectivity index (χ1n) is 9.55. The van der Waals surface area contributed by atoms with Gasteiger partial charge in [0.2, 0.25) is 5.43 Å². The van der Waals surface area contributed by atoms with Crippen molar-refractivity contribution in [1.29, 1.82) is 0 Å². The van der Waals surface area contributed by atoms with Gasteiger partial charge in [0.1, 0.15) is 28.7 Å². The number of aromatic carboxylic acids is 1. The molecule has 1 saturated heterocycles. The number of aromatic nitrogens is 1. The van der Waals surface area contributed by atoms with Gasteiger partial charge in [-0.2, -0.15) is 0 Å². The zero-order valence-electron chi connectivity index (χ0n) is 16.4. The maximum absolute atomic E-state index is 15.8. The van der Waals surface area contributed by atoms with Gasteiger partial charge in [0.05, 0.1) is 29.3 Å². The molecule has 3 N–H and O–H groups in total. The number of halogens is 4. The molecule has 168 valence electrons. The molecule has 0 spiro atoms. The lowest BCUT2D eigenvalue weighted by Gasteiger charge is -2.34. The molecule has 1 unspecified atom stereocenters. The van der Waals surface area contributed by atoms with E-state index in [1.807, 2.05) is 0 Å². The van der Waals surface area contributed by atoms with E-state index in [-0.39, 0.29) is 31.9 Å². The van der Waals surface area contributed by atoms with Gasteiger partial charge in [-0.05, 0) is 18.2 Å². The number of morpholine rings is 1. The topological polar surface area (TPSA) is 97.8 Å². The van der Waals surface area contributed by atoms with Crippen molar-refractivity contribution in [1.82, 2.24) is 4.57 Å². The Kier molecular flexibility index (Phi) is 5.61. The molecule has 0 aliphatic carbocycles. The highest BCUT2D eigenvalue weighted by molar-refractivity contribution is 5.94. The molecular weight excluding hydrogens is 434 g/mol. The first-order valence-corrected chi connectivity index (χ1v) is 9.55. The third kappa shape index (κ3) is 3.69. The third-order valence-electron chi connectivity index (χ3n) is 5.23. The zero-order chi connectivity index (χ0) is 23.2. The van der Waals surface area contributed by atoms with E-state index in [4.69, 9.17) is 10.5 Å². The number of ether oxygens (including phenoxy) is 1. The van der Waals surface area contributed by atoms with Crippen molar-refractivity contribution in [2.24, 2.45) is 5.73 Å². The van der Waals surface area contributed by atoms with Gasteiger partial charge >= 0.3 is 5.97 Å². The highest BCUT2D eigenvalue weighted by Crippen LogP contribution is 2.32. The fraction of sp³-hybridized carbons (Fsp3) is 0.238. The number of benzene rings is 2. The molecule has 1 aromatic heterocycles. The molecule has 0 radical (unpaired) electrons. The smallest absolute Gasteiger partial charge is 0.341 e. The summed E-state index contributed by atoms with van der Waals surface area (Å²) in [5.41, 5.74) is 2.36. The molecule has 7 nitrogen and oxygen atoms in total. The lowest BCUT2D eigenvalue weighted by molar-refractivity contribution is 0.0461. The highest BCUT2D eigenvalue weighted by atomic mass is 19.1. The van der Waals surface area contributed by atoms with Crippen molar-refractivity contribution in [3.63, 3.8) is 0 Å². The van der Waals surface area contributed by atoms with E-state index in [0.29, 0.717) is 6.07 Å². The van der Waals surface area contributed by atoms with Crippen LogP contribution < -0.4 is 16.1 Å². The first-order chi connectivity index (χ1) is 15.2. The summed E-state index contributed by atoms with van der Waals surface area (Å²) >= 11 is 0. The molecule has 1 aliphatic rings. The van der Waals surface area contributed by atoms with E-state index in [2.05, 4.69) is 0 Å². The van der Waals surface area contributed by atoms with Crippen molar-refractivity contribution < 1.29 is 32.2 Å². The van der Waals surface area contributed by atoms with Crippen LogP contribution in [-0.2, 0) is 4.74 Å². The van der Waals surface area contributed by atoms with E-state index in [1.54, 1.807) is 0 Å². The number of nitrogens with two attached hydrogens (primary N) is 1. The van der Waals surface area contributed by atoms with Crippen LogP contribution >= 0.6 is 0 Å². The number of carbonyl (C=O) groups is 1. The Bertz CT molecular complexity index is 1270. The minimum absolute atomic E-state index is 0.0713. The fourth-order valence-electron chi connectivity index (χ4n) is 3.79. The number of carboxylic acids is 1. The van der Waals surface area contributed by atoms with E-state index >= 15 is 8.78 Å². The summed E-state index contributed by atoms with van der Waals surface area (Å²) in [6, 6.07) is 2.97. The van der Waals surface area contributed by atoms with Crippen molar-refractivity contribution in [2.75, 3.05) is 31.1 Å². The average Bonchev–Trinajstić information content (AvgIpc) is 2.73. The Labute approximate surface area is 178 Å². The predicted molar refractivity (Wildman–Crippen MR) is 107 cm³/mol. The molecule has 1 aliphatic heterocycles. The summed E-state index contributed by atoms with van der Waals surface area (Å²) in [6.45, 7) is 0.463. The molecular formula is C21H17F4N3O4. The Balaban J connectivity index is 2.06. The van der Waals surface area contributed by atoms with E-state index in [1.165, 1.54) is 4.90 Å². The largest absolute Gasteiger partial charge is 0.477 e. The Hall–Kier alpha value is -3.44. The fourth-order valence-corrected chi connectivity index (χ4v) is 3.79. The summed E-state index contributed by atoms with van der Waals surface area (Å²) in [4.78, 5) is 25.6. The third-order valence-corrected chi connectivity index (χ3v) is 5.23. The van der Waals surface area contributed by atoms with Crippen LogP contribution in [0.1, 0.15) is 10.4 Å². The van der Waals surface area contributed by atoms with Crippen LogP contribution in [0.5, 0.6) is 0 Å². The number of hydrogen-bond acceptors (Lipinski definition) is 5. The van der Waals surface area contributed by atoms with Gasteiger partial charge in [-0.25, -0.2) is 22.4 Å². The van der Waals surface area contributed by atoms with Crippen LogP contribution in [0, 0.1) is 23.3 Å². The SMILES string of the molecule is NCC1CN(c2c(F)cc3c(=O)c(C(=O)O)cn(-c4cc(F)cc(F)c4)c3c2F)CCO1. The molecule has 0 bridgehead atoms.